The molecule has 2 aliphatic rings. The van der Waals surface area contributed by atoms with Crippen molar-refractivity contribution in [3.63, 3.8) is 0 Å². The van der Waals surface area contributed by atoms with Gasteiger partial charge in [-0.15, -0.1) is 0 Å². The fourth-order valence-electron chi connectivity index (χ4n) is 2.76. The lowest BCUT2D eigenvalue weighted by Crippen LogP contribution is -2.38. The van der Waals surface area contributed by atoms with Crippen molar-refractivity contribution in [1.29, 1.82) is 0 Å². The first-order valence-electron chi connectivity index (χ1n) is 6.21. The van der Waals surface area contributed by atoms with Gasteiger partial charge in [0.15, 0.2) is 5.82 Å². The number of rotatable bonds is 2. The Bertz CT molecular complexity index is 403. The van der Waals surface area contributed by atoms with Gasteiger partial charge in [0.25, 0.3) is 0 Å². The third kappa shape index (κ3) is 1.39. The van der Waals surface area contributed by atoms with Gasteiger partial charge < -0.3 is 10.3 Å². The van der Waals surface area contributed by atoms with Crippen LogP contribution in [0.15, 0.2) is 4.52 Å². The van der Waals surface area contributed by atoms with Crippen LogP contribution in [0.3, 0.4) is 0 Å². The number of nitrogens with two attached hydrogens (primary N) is 1. The van der Waals surface area contributed by atoms with E-state index in [-0.39, 0.29) is 11.5 Å². The Kier molecular flexibility index (Phi) is 2.11. The Balaban J connectivity index is 1.86. The van der Waals surface area contributed by atoms with Crippen LogP contribution in [-0.4, -0.2) is 16.2 Å². The molecule has 2 saturated carbocycles. The Morgan fingerprint density at radius 3 is 2.81 bits per heavy atom. The van der Waals surface area contributed by atoms with Gasteiger partial charge in [-0.25, -0.2) is 0 Å². The second-order valence-electron chi connectivity index (χ2n) is 5.69. The molecule has 0 saturated heterocycles. The van der Waals surface area contributed by atoms with Crippen molar-refractivity contribution in [1.82, 2.24) is 10.1 Å². The van der Waals surface area contributed by atoms with Crippen LogP contribution in [-0.2, 0) is 5.41 Å². The number of hydrogen-bond acceptors (Lipinski definition) is 4. The first kappa shape index (κ1) is 10.3. The average molecular weight is 221 g/mol. The summed E-state index contributed by atoms with van der Waals surface area (Å²) in [5, 5.41) is 4.11. The molecule has 0 radical (unpaired) electrons. The van der Waals surface area contributed by atoms with Gasteiger partial charge in [-0.1, -0.05) is 18.5 Å². The highest BCUT2D eigenvalue weighted by molar-refractivity contribution is 5.15. The molecule has 4 heteroatoms. The minimum Gasteiger partial charge on any atom is -0.339 e. The van der Waals surface area contributed by atoms with Gasteiger partial charge in [0.2, 0.25) is 5.89 Å². The summed E-state index contributed by atoms with van der Waals surface area (Å²) in [4.78, 5) is 4.57. The fourth-order valence-corrected chi connectivity index (χ4v) is 2.76. The summed E-state index contributed by atoms with van der Waals surface area (Å²) < 4.78 is 5.43. The zero-order valence-electron chi connectivity index (χ0n) is 9.94. The zero-order valence-corrected chi connectivity index (χ0v) is 9.94. The van der Waals surface area contributed by atoms with Crippen molar-refractivity contribution in [3.05, 3.63) is 11.7 Å². The Morgan fingerprint density at radius 2 is 2.25 bits per heavy atom. The molecule has 4 atom stereocenters. The van der Waals surface area contributed by atoms with Crippen molar-refractivity contribution in [2.45, 2.75) is 56.9 Å². The van der Waals surface area contributed by atoms with E-state index in [1.807, 2.05) is 0 Å². The summed E-state index contributed by atoms with van der Waals surface area (Å²) in [6.45, 7) is 4.38. The molecule has 4 unspecified atom stereocenters. The molecule has 2 N–H and O–H groups in total. The van der Waals surface area contributed by atoms with Crippen LogP contribution >= 0.6 is 0 Å². The molecule has 16 heavy (non-hydrogen) atoms. The van der Waals surface area contributed by atoms with Crippen molar-refractivity contribution in [3.8, 4) is 0 Å². The average Bonchev–Trinajstić information content (AvgIpc) is 2.68. The third-order valence-corrected chi connectivity index (χ3v) is 4.40. The molecule has 0 spiro atoms. The maximum atomic E-state index is 6.15. The molecular weight excluding hydrogens is 202 g/mol. The van der Waals surface area contributed by atoms with Crippen LogP contribution in [0, 0.1) is 5.92 Å². The van der Waals surface area contributed by atoms with E-state index in [9.17, 15) is 0 Å². The van der Waals surface area contributed by atoms with E-state index in [1.54, 1.807) is 0 Å². The van der Waals surface area contributed by atoms with Crippen molar-refractivity contribution >= 4 is 0 Å². The summed E-state index contributed by atoms with van der Waals surface area (Å²) in [7, 11) is 0. The van der Waals surface area contributed by atoms with Crippen molar-refractivity contribution in [2.75, 3.05) is 0 Å². The molecule has 2 fully saturated rings. The number of hydrogen-bond donors (Lipinski definition) is 1. The van der Waals surface area contributed by atoms with Gasteiger partial charge in [0, 0.05) is 12.0 Å². The maximum absolute atomic E-state index is 6.15. The Morgan fingerprint density at radius 1 is 1.50 bits per heavy atom. The summed E-state index contributed by atoms with van der Waals surface area (Å²) in [5.41, 5.74) is 6.05. The minimum atomic E-state index is -0.0939. The normalized spacial score (nSPS) is 42.6. The Labute approximate surface area is 95.6 Å². The lowest BCUT2D eigenvalue weighted by molar-refractivity contribution is 0.276. The molecule has 0 amide bonds. The van der Waals surface area contributed by atoms with E-state index < -0.39 is 0 Å². The number of nitrogens with zero attached hydrogens (tertiary/aromatic N) is 2. The monoisotopic (exact) mass is 221 g/mol. The smallest absolute Gasteiger partial charge is 0.234 e. The molecular formula is C12H19N3O. The largest absolute Gasteiger partial charge is 0.339 e. The maximum Gasteiger partial charge on any atom is 0.234 e. The van der Waals surface area contributed by atoms with E-state index in [0.717, 1.165) is 36.9 Å². The SMILES string of the molecule is CC1CC1c1noc(C2(C)CCCC2N)n1. The molecule has 3 rings (SSSR count). The van der Waals surface area contributed by atoms with E-state index in [0.29, 0.717) is 5.92 Å². The molecule has 0 aromatic carbocycles. The highest BCUT2D eigenvalue weighted by atomic mass is 16.5. The van der Waals surface area contributed by atoms with Crippen LogP contribution in [0.1, 0.15) is 57.2 Å². The lowest BCUT2D eigenvalue weighted by Gasteiger charge is -2.23. The minimum absolute atomic E-state index is 0.0939. The Hall–Kier alpha value is -0.900. The highest BCUT2D eigenvalue weighted by Crippen LogP contribution is 2.46. The molecule has 1 aromatic rings. The third-order valence-electron chi connectivity index (χ3n) is 4.40. The molecule has 2 aliphatic carbocycles. The van der Waals surface area contributed by atoms with Gasteiger partial charge in [-0.2, -0.15) is 4.98 Å². The standard InChI is InChI=1S/C12H19N3O/c1-7-6-8(7)10-14-11(16-15-10)12(2)5-3-4-9(12)13/h7-9H,3-6,13H2,1-2H3. The molecule has 4 nitrogen and oxygen atoms in total. The van der Waals surface area contributed by atoms with Crippen LogP contribution in [0.5, 0.6) is 0 Å². The molecule has 88 valence electrons. The van der Waals surface area contributed by atoms with Crippen LogP contribution in [0.2, 0.25) is 0 Å². The summed E-state index contributed by atoms with van der Waals surface area (Å²) >= 11 is 0. The van der Waals surface area contributed by atoms with Crippen molar-refractivity contribution < 1.29 is 4.52 Å². The predicted molar refractivity (Wildman–Crippen MR) is 60.0 cm³/mol. The van der Waals surface area contributed by atoms with E-state index in [4.69, 9.17) is 10.3 Å². The van der Waals surface area contributed by atoms with Crippen molar-refractivity contribution in [2.24, 2.45) is 11.7 Å². The fraction of sp³-hybridized carbons (Fsp3) is 0.833. The molecule has 0 bridgehead atoms. The molecule has 1 heterocycles. The van der Waals surface area contributed by atoms with E-state index >= 15 is 0 Å². The summed E-state index contributed by atoms with van der Waals surface area (Å²) in [6, 6.07) is 0.164. The van der Waals surface area contributed by atoms with E-state index in [2.05, 4.69) is 24.0 Å². The van der Waals surface area contributed by atoms with E-state index in [1.165, 1.54) is 6.42 Å². The second-order valence-corrected chi connectivity index (χ2v) is 5.69. The zero-order chi connectivity index (χ0) is 11.3. The van der Waals surface area contributed by atoms with Gasteiger partial charge >= 0.3 is 0 Å². The molecule has 1 aromatic heterocycles. The van der Waals surface area contributed by atoms with Gasteiger partial charge in [-0.05, 0) is 32.1 Å². The van der Waals surface area contributed by atoms with Gasteiger partial charge in [0.1, 0.15) is 0 Å². The topological polar surface area (TPSA) is 64.9 Å². The first-order valence-corrected chi connectivity index (χ1v) is 6.21. The highest BCUT2D eigenvalue weighted by Gasteiger charge is 2.44. The lowest BCUT2D eigenvalue weighted by atomic mass is 9.85. The van der Waals surface area contributed by atoms with Crippen LogP contribution in [0.4, 0.5) is 0 Å². The second kappa shape index (κ2) is 3.29. The summed E-state index contributed by atoms with van der Waals surface area (Å²) in [5.74, 6) is 2.89. The van der Waals surface area contributed by atoms with Crippen LogP contribution < -0.4 is 5.73 Å². The summed E-state index contributed by atoms with van der Waals surface area (Å²) in [6.07, 6.45) is 4.49. The van der Waals surface area contributed by atoms with Gasteiger partial charge in [0.05, 0.1) is 5.41 Å². The quantitative estimate of drug-likeness (QED) is 0.829. The van der Waals surface area contributed by atoms with Gasteiger partial charge in [-0.3, -0.25) is 0 Å². The predicted octanol–water partition coefficient (Wildman–Crippen LogP) is 1.96. The first-order chi connectivity index (χ1) is 7.61. The number of aromatic nitrogens is 2. The molecule has 0 aliphatic heterocycles. The van der Waals surface area contributed by atoms with Crippen LogP contribution in [0.25, 0.3) is 0 Å².